The van der Waals surface area contributed by atoms with Gasteiger partial charge in [0.15, 0.2) is 5.13 Å². The number of nitrogens with one attached hydrogen (secondary N) is 1. The second-order valence-electron chi connectivity index (χ2n) is 4.09. The lowest BCUT2D eigenvalue weighted by Gasteiger charge is -2.13. The minimum Gasteiger partial charge on any atom is -0.377 e. The highest BCUT2D eigenvalue weighted by atomic mass is 32.1. The van der Waals surface area contributed by atoms with Crippen LogP contribution in [-0.4, -0.2) is 51.5 Å². The number of ether oxygens (including phenoxy) is 2. The van der Waals surface area contributed by atoms with Crippen molar-refractivity contribution in [1.29, 1.82) is 0 Å². The molecule has 2 heterocycles. The SMILES string of the molecule is CNCc1cnc(N2CC(OC)C(OC)C2)s1. The Bertz CT molecular complexity index is 346. The zero-order valence-corrected chi connectivity index (χ0v) is 11.3. The molecule has 17 heavy (non-hydrogen) atoms. The van der Waals surface area contributed by atoms with E-state index >= 15 is 0 Å². The number of rotatable bonds is 5. The third kappa shape index (κ3) is 2.77. The van der Waals surface area contributed by atoms with E-state index in [4.69, 9.17) is 9.47 Å². The molecule has 1 fully saturated rings. The van der Waals surface area contributed by atoms with E-state index in [0.29, 0.717) is 0 Å². The molecule has 1 saturated heterocycles. The molecule has 1 N–H and O–H groups in total. The van der Waals surface area contributed by atoms with Gasteiger partial charge in [-0.25, -0.2) is 4.98 Å². The summed E-state index contributed by atoms with van der Waals surface area (Å²) in [5.74, 6) is 0. The average molecular weight is 257 g/mol. The highest BCUT2D eigenvalue weighted by Gasteiger charge is 2.34. The molecular formula is C11H19N3O2S. The summed E-state index contributed by atoms with van der Waals surface area (Å²) in [4.78, 5) is 7.92. The number of aromatic nitrogens is 1. The smallest absolute Gasteiger partial charge is 0.185 e. The van der Waals surface area contributed by atoms with E-state index in [1.807, 2.05) is 13.2 Å². The van der Waals surface area contributed by atoms with Gasteiger partial charge in [0.05, 0.1) is 0 Å². The van der Waals surface area contributed by atoms with Gasteiger partial charge in [0.1, 0.15) is 12.2 Å². The van der Waals surface area contributed by atoms with Crippen molar-refractivity contribution < 1.29 is 9.47 Å². The summed E-state index contributed by atoms with van der Waals surface area (Å²) in [6.07, 6.45) is 2.20. The maximum atomic E-state index is 5.42. The number of methoxy groups -OCH3 is 2. The lowest BCUT2D eigenvalue weighted by Crippen LogP contribution is -2.27. The first kappa shape index (κ1) is 12.8. The molecule has 0 aliphatic carbocycles. The first-order valence-electron chi connectivity index (χ1n) is 5.68. The van der Waals surface area contributed by atoms with Crippen molar-refractivity contribution in [3.63, 3.8) is 0 Å². The summed E-state index contributed by atoms with van der Waals surface area (Å²) in [7, 11) is 5.40. The lowest BCUT2D eigenvalue weighted by atomic mass is 10.3. The third-order valence-corrected chi connectivity index (χ3v) is 4.04. The van der Waals surface area contributed by atoms with Crippen molar-refractivity contribution in [2.24, 2.45) is 0 Å². The van der Waals surface area contributed by atoms with Crippen molar-refractivity contribution in [2.75, 3.05) is 39.3 Å². The molecule has 1 aromatic rings. The van der Waals surface area contributed by atoms with Crippen LogP contribution in [0.5, 0.6) is 0 Å². The molecule has 2 rings (SSSR count). The number of hydrogen-bond acceptors (Lipinski definition) is 6. The molecule has 2 unspecified atom stereocenters. The fraction of sp³-hybridized carbons (Fsp3) is 0.727. The van der Waals surface area contributed by atoms with Crippen molar-refractivity contribution >= 4 is 16.5 Å². The Morgan fingerprint density at radius 3 is 2.59 bits per heavy atom. The van der Waals surface area contributed by atoms with Crippen molar-refractivity contribution in [3.05, 3.63) is 11.1 Å². The van der Waals surface area contributed by atoms with Crippen LogP contribution in [0.25, 0.3) is 0 Å². The van der Waals surface area contributed by atoms with Gasteiger partial charge in [-0.15, -0.1) is 11.3 Å². The van der Waals surface area contributed by atoms with Crippen molar-refractivity contribution in [1.82, 2.24) is 10.3 Å². The van der Waals surface area contributed by atoms with Gasteiger partial charge in [-0.1, -0.05) is 0 Å². The van der Waals surface area contributed by atoms with Crippen LogP contribution >= 0.6 is 11.3 Å². The van der Waals surface area contributed by atoms with E-state index in [1.54, 1.807) is 25.6 Å². The lowest BCUT2D eigenvalue weighted by molar-refractivity contribution is -0.00461. The summed E-state index contributed by atoms with van der Waals surface area (Å²) in [5, 5.41) is 4.18. The van der Waals surface area contributed by atoms with Gasteiger partial charge in [0, 0.05) is 44.9 Å². The number of thiazole rings is 1. The Balaban J connectivity index is 2.02. The molecule has 2 atom stereocenters. The summed E-state index contributed by atoms with van der Waals surface area (Å²) < 4.78 is 10.8. The molecule has 1 aliphatic heterocycles. The monoisotopic (exact) mass is 257 g/mol. The van der Waals surface area contributed by atoms with Crippen molar-refractivity contribution in [2.45, 2.75) is 18.8 Å². The standard InChI is InChI=1S/C11H19N3O2S/c1-12-4-8-5-13-11(17-8)14-6-9(15-2)10(7-14)16-3/h5,9-10,12H,4,6-7H2,1-3H3. The van der Waals surface area contributed by atoms with Crippen LogP contribution in [0.3, 0.4) is 0 Å². The molecule has 1 aromatic heterocycles. The highest BCUT2D eigenvalue weighted by molar-refractivity contribution is 7.15. The summed E-state index contributed by atoms with van der Waals surface area (Å²) in [5.41, 5.74) is 0. The van der Waals surface area contributed by atoms with E-state index in [1.165, 1.54) is 4.88 Å². The minimum absolute atomic E-state index is 0.136. The quantitative estimate of drug-likeness (QED) is 0.842. The second-order valence-corrected chi connectivity index (χ2v) is 5.19. The molecule has 6 heteroatoms. The van der Waals surface area contributed by atoms with Gasteiger partial charge >= 0.3 is 0 Å². The molecule has 0 spiro atoms. The van der Waals surface area contributed by atoms with Gasteiger partial charge in [0.2, 0.25) is 0 Å². The van der Waals surface area contributed by atoms with E-state index in [-0.39, 0.29) is 12.2 Å². The molecule has 0 bridgehead atoms. The zero-order chi connectivity index (χ0) is 12.3. The topological polar surface area (TPSA) is 46.6 Å². The first-order valence-corrected chi connectivity index (χ1v) is 6.50. The Kier molecular flexibility index (Phi) is 4.33. The fourth-order valence-electron chi connectivity index (χ4n) is 2.05. The van der Waals surface area contributed by atoms with Crippen LogP contribution in [0.15, 0.2) is 6.20 Å². The second kappa shape index (κ2) is 5.77. The molecule has 0 amide bonds. The normalized spacial score (nSPS) is 24.5. The predicted octanol–water partition coefficient (Wildman–Crippen LogP) is 0.712. The van der Waals surface area contributed by atoms with Crippen LogP contribution in [0, 0.1) is 0 Å². The maximum Gasteiger partial charge on any atom is 0.185 e. The van der Waals surface area contributed by atoms with Crippen LogP contribution in [0.2, 0.25) is 0 Å². The van der Waals surface area contributed by atoms with Gasteiger partial charge in [-0.2, -0.15) is 0 Å². The largest absolute Gasteiger partial charge is 0.377 e. The van der Waals surface area contributed by atoms with Gasteiger partial charge < -0.3 is 19.7 Å². The average Bonchev–Trinajstić information content (AvgIpc) is 2.94. The van der Waals surface area contributed by atoms with Crippen LogP contribution in [0.1, 0.15) is 4.88 Å². The van der Waals surface area contributed by atoms with Crippen LogP contribution < -0.4 is 10.2 Å². The molecule has 5 nitrogen and oxygen atoms in total. The fourth-order valence-corrected chi connectivity index (χ4v) is 2.99. The molecular weight excluding hydrogens is 238 g/mol. The molecule has 1 aliphatic rings. The first-order chi connectivity index (χ1) is 8.28. The van der Waals surface area contributed by atoms with E-state index in [2.05, 4.69) is 15.2 Å². The maximum absolute atomic E-state index is 5.42. The van der Waals surface area contributed by atoms with Crippen LogP contribution in [0.4, 0.5) is 5.13 Å². The van der Waals surface area contributed by atoms with Crippen molar-refractivity contribution in [3.8, 4) is 0 Å². The minimum atomic E-state index is 0.136. The Labute approximate surface area is 106 Å². The van der Waals surface area contributed by atoms with E-state index < -0.39 is 0 Å². The van der Waals surface area contributed by atoms with Crippen LogP contribution in [-0.2, 0) is 16.0 Å². The Morgan fingerprint density at radius 2 is 2.06 bits per heavy atom. The number of nitrogens with zero attached hydrogens (tertiary/aromatic N) is 2. The highest BCUT2D eigenvalue weighted by Crippen LogP contribution is 2.27. The Hall–Kier alpha value is -0.690. The summed E-state index contributed by atoms with van der Waals surface area (Å²) >= 11 is 1.72. The van der Waals surface area contributed by atoms with E-state index in [0.717, 1.165) is 24.8 Å². The number of anilines is 1. The summed E-state index contributed by atoms with van der Waals surface area (Å²) in [6.45, 7) is 2.57. The summed E-state index contributed by atoms with van der Waals surface area (Å²) in [6, 6.07) is 0. The zero-order valence-electron chi connectivity index (χ0n) is 10.5. The van der Waals surface area contributed by atoms with Gasteiger partial charge in [0.25, 0.3) is 0 Å². The molecule has 0 saturated carbocycles. The third-order valence-electron chi connectivity index (χ3n) is 2.98. The molecule has 0 radical (unpaired) electrons. The van der Waals surface area contributed by atoms with E-state index in [9.17, 15) is 0 Å². The molecule has 0 aromatic carbocycles. The predicted molar refractivity (Wildman–Crippen MR) is 68.7 cm³/mol. The van der Waals surface area contributed by atoms with Gasteiger partial charge in [-0.3, -0.25) is 0 Å². The molecule has 96 valence electrons. The Morgan fingerprint density at radius 1 is 1.41 bits per heavy atom. The van der Waals surface area contributed by atoms with Gasteiger partial charge in [-0.05, 0) is 7.05 Å². The number of hydrogen-bond donors (Lipinski definition) is 1.